The lowest BCUT2D eigenvalue weighted by molar-refractivity contribution is -0.142. The molecule has 0 aromatic heterocycles. The summed E-state index contributed by atoms with van der Waals surface area (Å²) in [7, 11) is 0. The number of nitrogens with zero attached hydrogens (tertiary/aromatic N) is 1. The third kappa shape index (κ3) is 15.5. The van der Waals surface area contributed by atoms with Crippen LogP contribution in [0.4, 0.5) is 0 Å². The van der Waals surface area contributed by atoms with Crippen molar-refractivity contribution in [1.82, 2.24) is 31.9 Å². The Balaban J connectivity index is 1.56. The maximum Gasteiger partial charge on any atom is 0.326 e. The molecule has 0 spiro atoms. The Kier molecular flexibility index (Phi) is 17.9. The van der Waals surface area contributed by atoms with Crippen molar-refractivity contribution in [2.45, 2.75) is 95.0 Å². The van der Waals surface area contributed by atoms with Gasteiger partial charge in [-0.2, -0.15) is 0 Å². The number of phenols is 2. The van der Waals surface area contributed by atoms with Gasteiger partial charge in [-0.15, -0.1) is 0 Å². The minimum Gasteiger partial charge on any atom is -0.508 e. The van der Waals surface area contributed by atoms with E-state index in [-0.39, 0.29) is 62.0 Å². The number of rotatable bonds is 22. The van der Waals surface area contributed by atoms with Crippen LogP contribution in [0.1, 0.15) is 56.2 Å². The zero-order valence-electron chi connectivity index (χ0n) is 34.3. The molecule has 1 heterocycles. The van der Waals surface area contributed by atoms with Crippen molar-refractivity contribution < 1.29 is 44.1 Å². The molecule has 0 bridgehead atoms. The van der Waals surface area contributed by atoms with Crippen molar-refractivity contribution >= 4 is 41.5 Å². The first-order chi connectivity index (χ1) is 29.1. The van der Waals surface area contributed by atoms with Crippen molar-refractivity contribution in [3.05, 3.63) is 95.6 Å². The van der Waals surface area contributed by atoms with E-state index in [0.717, 1.165) is 6.42 Å². The minimum atomic E-state index is -1.40. The monoisotopic (exact) mass is 843 g/mol. The summed E-state index contributed by atoms with van der Waals surface area (Å²) < 4.78 is 0. The molecule has 3 aromatic rings. The Morgan fingerprint density at radius 2 is 1.16 bits per heavy atom. The molecule has 3 aromatic carbocycles. The number of amides is 5. The molecular weight excluding hydrogens is 787 g/mol. The number of carbonyl (C=O) groups is 6. The molecule has 1 fully saturated rings. The smallest absolute Gasteiger partial charge is 0.326 e. The van der Waals surface area contributed by atoms with Crippen molar-refractivity contribution in [3.63, 3.8) is 0 Å². The fraction of sp³-hybridized carbons (Fsp3) is 0.419. The highest BCUT2D eigenvalue weighted by Gasteiger charge is 2.35. The number of hydrogen-bond donors (Lipinski definition) is 11. The summed E-state index contributed by atoms with van der Waals surface area (Å²) >= 11 is 0. The van der Waals surface area contributed by atoms with Gasteiger partial charge in [0.2, 0.25) is 29.5 Å². The molecule has 328 valence electrons. The molecule has 61 heavy (non-hydrogen) atoms. The van der Waals surface area contributed by atoms with E-state index in [2.05, 4.69) is 36.9 Å². The summed E-state index contributed by atoms with van der Waals surface area (Å²) in [5.41, 5.74) is 12.8. The summed E-state index contributed by atoms with van der Waals surface area (Å²) in [4.78, 5) is 85.5. The van der Waals surface area contributed by atoms with Gasteiger partial charge in [-0.3, -0.25) is 29.0 Å². The first-order valence-electron chi connectivity index (χ1n) is 20.2. The number of carboxylic acids is 1. The highest BCUT2D eigenvalue weighted by atomic mass is 16.4. The number of nitrogens with one attached hydrogen (secondary N) is 6. The molecule has 1 aliphatic rings. The van der Waals surface area contributed by atoms with Crippen molar-refractivity contribution in [1.29, 1.82) is 0 Å². The van der Waals surface area contributed by atoms with Gasteiger partial charge in [0, 0.05) is 25.8 Å². The van der Waals surface area contributed by atoms with Crippen molar-refractivity contribution in [3.8, 4) is 11.5 Å². The number of phenolic OH excluding ortho intramolecular Hbond substituents is 2. The van der Waals surface area contributed by atoms with Gasteiger partial charge in [0.1, 0.15) is 41.7 Å². The standard InChI is InChI=1S/C43H57N9O9/c1-25(2)36(52-40(58)34(23-27-12-16-29(53)17-13-27)49-37(55)31-10-6-20-46-31)41(59)50-33(22-26-8-4-3-5-9-26)39(57)48-32(11-7-21-47-43(44)45)38(56)51-35(42(60)61)24-28-14-18-30(54)19-15-28/h3-5,8-9,12-19,25,31-36,46,53-54H,6-7,10-11,20-24H2,1-2H3,(H,48,57)(H,49,55)(H,50,59)(H,51,56)(H,52,58)(H,60,61)(H4,44,45,47)/t31-,32-,33-,34-,35-,36-/m0/s1. The molecular formula is C43H57N9O9. The number of benzene rings is 3. The number of aromatic hydroxyl groups is 2. The zero-order valence-corrected chi connectivity index (χ0v) is 34.3. The largest absolute Gasteiger partial charge is 0.508 e. The van der Waals surface area contributed by atoms with Crippen LogP contribution in [0.3, 0.4) is 0 Å². The van der Waals surface area contributed by atoms with Gasteiger partial charge < -0.3 is 58.7 Å². The minimum absolute atomic E-state index is 0.0128. The summed E-state index contributed by atoms with van der Waals surface area (Å²) in [6, 6.07) is 14.1. The van der Waals surface area contributed by atoms with Gasteiger partial charge >= 0.3 is 5.97 Å². The van der Waals surface area contributed by atoms with Crippen LogP contribution in [-0.2, 0) is 48.0 Å². The van der Waals surface area contributed by atoms with Crippen LogP contribution in [0.5, 0.6) is 11.5 Å². The SMILES string of the molecule is CC(C)[C@H](NC(=O)[C@H](Cc1ccc(O)cc1)NC(=O)[C@@H]1CCCN1)C(=O)N[C@@H](Cc1ccccc1)C(=O)N[C@@H](CCCN=C(N)N)C(=O)N[C@@H](Cc1ccc(O)cc1)C(=O)O. The lowest BCUT2D eigenvalue weighted by atomic mass is 9.99. The van der Waals surface area contributed by atoms with Gasteiger partial charge in [-0.05, 0) is 79.1 Å². The summed E-state index contributed by atoms with van der Waals surface area (Å²) in [6.07, 6.45) is 1.50. The Bertz CT molecular complexity index is 1970. The topological polar surface area (TPSA) is 300 Å². The van der Waals surface area contributed by atoms with Crippen LogP contribution in [0, 0.1) is 5.92 Å². The molecule has 0 saturated carbocycles. The quantitative estimate of drug-likeness (QED) is 0.0365. The second-order valence-electron chi connectivity index (χ2n) is 15.3. The maximum absolute atomic E-state index is 14.2. The van der Waals surface area contributed by atoms with E-state index in [1.807, 2.05) is 0 Å². The number of guanidine groups is 1. The van der Waals surface area contributed by atoms with E-state index >= 15 is 0 Å². The van der Waals surface area contributed by atoms with Crippen molar-refractivity contribution in [2.24, 2.45) is 22.4 Å². The van der Waals surface area contributed by atoms with Crippen LogP contribution >= 0.6 is 0 Å². The van der Waals surface area contributed by atoms with Gasteiger partial charge in [0.25, 0.3) is 0 Å². The Morgan fingerprint density at radius 1 is 0.672 bits per heavy atom. The van der Waals surface area contributed by atoms with E-state index < -0.39 is 71.8 Å². The Morgan fingerprint density at radius 3 is 1.69 bits per heavy atom. The third-order valence-corrected chi connectivity index (χ3v) is 10.1. The molecule has 1 aliphatic heterocycles. The van der Waals surface area contributed by atoms with E-state index in [0.29, 0.717) is 29.7 Å². The molecule has 13 N–H and O–H groups in total. The van der Waals surface area contributed by atoms with Gasteiger partial charge in [-0.25, -0.2) is 4.79 Å². The molecule has 18 nitrogen and oxygen atoms in total. The second kappa shape index (κ2) is 23.2. The van der Waals surface area contributed by atoms with E-state index in [4.69, 9.17) is 11.5 Å². The van der Waals surface area contributed by atoms with E-state index in [9.17, 15) is 44.1 Å². The van der Waals surface area contributed by atoms with E-state index in [1.54, 1.807) is 56.3 Å². The van der Waals surface area contributed by atoms with Crippen LogP contribution < -0.4 is 43.4 Å². The first-order valence-corrected chi connectivity index (χ1v) is 20.2. The number of hydrogen-bond acceptors (Lipinski definition) is 10. The molecule has 5 amide bonds. The first kappa shape index (κ1) is 47.0. The molecule has 18 heteroatoms. The molecule has 1 saturated heterocycles. The number of carboxylic acid groups (broad SMARTS) is 1. The summed E-state index contributed by atoms with van der Waals surface area (Å²) in [6.45, 7) is 4.18. The normalized spacial score (nSPS) is 15.9. The zero-order chi connectivity index (χ0) is 44.5. The lowest BCUT2D eigenvalue weighted by Crippen LogP contribution is -2.61. The number of carbonyl (C=O) groups excluding carboxylic acids is 5. The van der Waals surface area contributed by atoms with Crippen LogP contribution in [0.15, 0.2) is 83.9 Å². The van der Waals surface area contributed by atoms with Gasteiger partial charge in [-0.1, -0.05) is 68.4 Å². The summed E-state index contributed by atoms with van der Waals surface area (Å²) in [5, 5.41) is 46.1. The number of aliphatic imine (C=N–C) groups is 1. The molecule has 6 atom stereocenters. The summed E-state index contributed by atoms with van der Waals surface area (Å²) in [5.74, 6) is -5.29. The third-order valence-electron chi connectivity index (χ3n) is 10.1. The fourth-order valence-electron chi connectivity index (χ4n) is 6.75. The van der Waals surface area contributed by atoms with Gasteiger partial charge in [0.15, 0.2) is 5.96 Å². The lowest BCUT2D eigenvalue weighted by Gasteiger charge is -2.29. The predicted octanol–water partition coefficient (Wildman–Crippen LogP) is 0.0959. The highest BCUT2D eigenvalue weighted by molar-refractivity contribution is 5.96. The van der Waals surface area contributed by atoms with Crippen molar-refractivity contribution in [2.75, 3.05) is 13.1 Å². The Labute approximate surface area is 354 Å². The van der Waals surface area contributed by atoms with Gasteiger partial charge in [0.05, 0.1) is 6.04 Å². The number of nitrogens with two attached hydrogens (primary N) is 2. The number of aliphatic carboxylic acids is 1. The average molecular weight is 844 g/mol. The average Bonchev–Trinajstić information content (AvgIpc) is 3.77. The molecule has 0 unspecified atom stereocenters. The second-order valence-corrected chi connectivity index (χ2v) is 15.3. The predicted molar refractivity (Wildman–Crippen MR) is 227 cm³/mol. The molecule has 0 radical (unpaired) electrons. The van der Waals surface area contributed by atoms with Crippen LogP contribution in [-0.4, -0.2) is 106 Å². The van der Waals surface area contributed by atoms with E-state index in [1.165, 1.54) is 36.4 Å². The maximum atomic E-state index is 14.2. The molecule has 4 rings (SSSR count). The molecule has 0 aliphatic carbocycles. The van der Waals surface area contributed by atoms with Crippen LogP contribution in [0.2, 0.25) is 0 Å². The fourth-order valence-corrected chi connectivity index (χ4v) is 6.75. The highest BCUT2D eigenvalue weighted by Crippen LogP contribution is 2.15. The Hall–Kier alpha value is -6.69. The van der Waals surface area contributed by atoms with Crippen LogP contribution in [0.25, 0.3) is 0 Å².